The second kappa shape index (κ2) is 15.4. The number of amides is 1. The number of aromatic nitrogens is 2. The van der Waals surface area contributed by atoms with E-state index in [9.17, 15) is 18.8 Å². The minimum Gasteiger partial charge on any atom is -0.493 e. The number of ether oxygens (including phenoxy) is 4. The minimum absolute atomic E-state index is 0.0827. The fourth-order valence-electron chi connectivity index (χ4n) is 5.75. The van der Waals surface area contributed by atoms with Crippen molar-refractivity contribution >= 4 is 23.5 Å². The van der Waals surface area contributed by atoms with Gasteiger partial charge in [0.15, 0.2) is 23.1 Å². The fourth-order valence-corrected chi connectivity index (χ4v) is 5.75. The van der Waals surface area contributed by atoms with Gasteiger partial charge in [-0.3, -0.25) is 28.8 Å². The third-order valence-corrected chi connectivity index (χ3v) is 8.66. The molecule has 1 saturated heterocycles. The van der Waals surface area contributed by atoms with E-state index in [-0.39, 0.29) is 35.1 Å². The van der Waals surface area contributed by atoms with Crippen molar-refractivity contribution in [1.29, 1.82) is 0 Å². The summed E-state index contributed by atoms with van der Waals surface area (Å²) in [5, 5.41) is 2.59. The standard InChI is InChI=1S/C38H36F2N4O7/c1-23-31(21-34(24(2)48-3)49-19-17-43-15-11-29(45)12-16-43)41-14-10-32(23)51-33-9-6-27(20-30(33)40)42-37(46)35-36-25(13-18-50-36)22-44(38(35)47)28-7-4-26(39)5-8-28/h4-10,14,20-22H,2,11-13,15-19H2,1,3H3,(H,42,46)/b34-21+. The van der Waals surface area contributed by atoms with Gasteiger partial charge in [-0.05, 0) is 49.4 Å². The molecule has 2 aliphatic rings. The maximum atomic E-state index is 15.4. The summed E-state index contributed by atoms with van der Waals surface area (Å²) >= 11 is 0. The molecule has 13 heteroatoms. The molecule has 2 aliphatic heterocycles. The van der Waals surface area contributed by atoms with Gasteiger partial charge in [-0.2, -0.15) is 0 Å². The lowest BCUT2D eigenvalue weighted by Gasteiger charge is -2.25. The van der Waals surface area contributed by atoms with Crippen molar-refractivity contribution < 1.29 is 37.3 Å². The first-order valence-corrected chi connectivity index (χ1v) is 16.3. The van der Waals surface area contributed by atoms with Gasteiger partial charge >= 0.3 is 0 Å². The van der Waals surface area contributed by atoms with Crippen LogP contribution in [0.5, 0.6) is 17.2 Å². The molecule has 2 aromatic heterocycles. The normalized spacial score (nSPS) is 14.4. The summed E-state index contributed by atoms with van der Waals surface area (Å²) in [5.41, 5.74) is 1.26. The number of Topliss-reactive ketones (excluding diaryl/α,β-unsaturated/α-hetero) is 1. The third kappa shape index (κ3) is 7.99. The van der Waals surface area contributed by atoms with Gasteiger partial charge < -0.3 is 24.3 Å². The van der Waals surface area contributed by atoms with Crippen LogP contribution in [-0.4, -0.2) is 66.1 Å². The van der Waals surface area contributed by atoms with Gasteiger partial charge in [0.1, 0.15) is 35.3 Å². The monoisotopic (exact) mass is 698 g/mol. The number of hydrogen-bond donors (Lipinski definition) is 1. The number of methoxy groups -OCH3 is 1. The highest BCUT2D eigenvalue weighted by Gasteiger charge is 2.27. The molecule has 0 unspecified atom stereocenters. The highest BCUT2D eigenvalue weighted by atomic mass is 19.1. The predicted molar refractivity (Wildman–Crippen MR) is 185 cm³/mol. The number of benzene rings is 2. The first-order chi connectivity index (χ1) is 24.6. The Morgan fingerprint density at radius 2 is 1.82 bits per heavy atom. The lowest BCUT2D eigenvalue weighted by molar-refractivity contribution is -0.121. The molecule has 4 heterocycles. The van der Waals surface area contributed by atoms with Crippen LogP contribution in [0.4, 0.5) is 14.5 Å². The zero-order valence-corrected chi connectivity index (χ0v) is 28.2. The number of likely N-dealkylation sites (tertiary alicyclic amines) is 1. The fraction of sp³-hybridized carbons (Fsp3) is 0.263. The summed E-state index contributed by atoms with van der Waals surface area (Å²) in [7, 11) is 1.48. The van der Waals surface area contributed by atoms with E-state index in [1.807, 2.05) is 0 Å². The van der Waals surface area contributed by atoms with Crippen molar-refractivity contribution in [2.24, 2.45) is 0 Å². The van der Waals surface area contributed by atoms with Gasteiger partial charge in [0.2, 0.25) is 0 Å². The molecule has 0 radical (unpaired) electrons. The summed E-state index contributed by atoms with van der Waals surface area (Å²) in [5.74, 6) is -0.718. The van der Waals surface area contributed by atoms with E-state index >= 15 is 4.39 Å². The lowest BCUT2D eigenvalue weighted by Crippen LogP contribution is -2.36. The number of nitrogens with one attached hydrogen (secondary N) is 1. The van der Waals surface area contributed by atoms with E-state index in [0.717, 1.165) is 6.07 Å². The molecular formula is C38H36F2N4O7. The quantitative estimate of drug-likeness (QED) is 0.141. The number of fused-ring (bicyclic) bond motifs is 1. The van der Waals surface area contributed by atoms with Crippen LogP contribution >= 0.6 is 0 Å². The summed E-state index contributed by atoms with van der Waals surface area (Å²) in [4.78, 5) is 45.0. The average molecular weight is 699 g/mol. The Morgan fingerprint density at radius 1 is 1.06 bits per heavy atom. The van der Waals surface area contributed by atoms with Crippen molar-refractivity contribution in [3.63, 3.8) is 0 Å². The van der Waals surface area contributed by atoms with Gasteiger partial charge in [0.05, 0.1) is 19.4 Å². The smallest absolute Gasteiger partial charge is 0.271 e. The first kappa shape index (κ1) is 35.0. The molecular weight excluding hydrogens is 662 g/mol. The van der Waals surface area contributed by atoms with Crippen LogP contribution in [-0.2, 0) is 20.7 Å². The third-order valence-electron chi connectivity index (χ3n) is 8.66. The first-order valence-electron chi connectivity index (χ1n) is 16.3. The maximum absolute atomic E-state index is 15.4. The molecule has 11 nitrogen and oxygen atoms in total. The maximum Gasteiger partial charge on any atom is 0.271 e. The SMILES string of the molecule is C=C(OC)/C(=C\c1nccc(Oc2ccc(NC(=O)c3c4c(cn(-c5ccc(F)cc5)c3=O)CCO4)cc2F)c1C)OCCN1CCC(=O)CC1. The average Bonchev–Trinajstić information content (AvgIpc) is 3.59. The Kier molecular flexibility index (Phi) is 10.6. The summed E-state index contributed by atoms with van der Waals surface area (Å²) < 4.78 is 53.1. The van der Waals surface area contributed by atoms with Gasteiger partial charge in [-0.15, -0.1) is 0 Å². The number of hydrogen-bond acceptors (Lipinski definition) is 9. The van der Waals surface area contributed by atoms with Crippen molar-refractivity contribution in [2.45, 2.75) is 26.2 Å². The number of pyridine rings is 2. The van der Waals surface area contributed by atoms with Crippen LogP contribution in [0.2, 0.25) is 0 Å². The highest BCUT2D eigenvalue weighted by Crippen LogP contribution is 2.32. The summed E-state index contributed by atoms with van der Waals surface area (Å²) in [6.07, 6.45) is 6.30. The Labute approximate surface area is 292 Å². The van der Waals surface area contributed by atoms with Gasteiger partial charge in [0, 0.05) is 85.9 Å². The molecule has 1 fully saturated rings. The molecule has 51 heavy (non-hydrogen) atoms. The molecule has 1 amide bonds. The van der Waals surface area contributed by atoms with Crippen LogP contribution < -0.4 is 20.3 Å². The zero-order valence-electron chi connectivity index (χ0n) is 28.2. The highest BCUT2D eigenvalue weighted by molar-refractivity contribution is 6.06. The van der Waals surface area contributed by atoms with Crippen LogP contribution in [0.3, 0.4) is 0 Å². The molecule has 0 bridgehead atoms. The molecule has 0 spiro atoms. The van der Waals surface area contributed by atoms with E-state index in [0.29, 0.717) is 85.3 Å². The van der Waals surface area contributed by atoms with Gasteiger partial charge in [-0.25, -0.2) is 8.78 Å². The number of ketones is 1. The second-order valence-electron chi connectivity index (χ2n) is 12.0. The number of nitrogens with zero attached hydrogens (tertiary/aromatic N) is 3. The van der Waals surface area contributed by atoms with Crippen molar-refractivity contribution in [1.82, 2.24) is 14.5 Å². The van der Waals surface area contributed by atoms with Crippen LogP contribution in [0.1, 0.15) is 40.0 Å². The Morgan fingerprint density at radius 3 is 2.55 bits per heavy atom. The van der Waals surface area contributed by atoms with Crippen LogP contribution in [0.15, 0.2) is 83.8 Å². The van der Waals surface area contributed by atoms with Crippen molar-refractivity contribution in [2.75, 3.05) is 45.3 Å². The number of carbonyl (C=O) groups excluding carboxylic acids is 2. The van der Waals surface area contributed by atoms with Crippen LogP contribution in [0, 0.1) is 18.6 Å². The van der Waals surface area contributed by atoms with E-state index in [1.54, 1.807) is 25.3 Å². The number of anilines is 1. The molecule has 2 aromatic carbocycles. The lowest BCUT2D eigenvalue weighted by atomic mass is 10.1. The molecule has 264 valence electrons. The summed E-state index contributed by atoms with van der Waals surface area (Å²) in [6, 6.07) is 10.8. The molecule has 0 aliphatic carbocycles. The van der Waals surface area contributed by atoms with E-state index in [1.165, 1.54) is 54.3 Å². The molecule has 0 atom stereocenters. The Balaban J connectivity index is 1.17. The zero-order chi connectivity index (χ0) is 36.1. The molecule has 0 saturated carbocycles. The number of piperidine rings is 1. The summed E-state index contributed by atoms with van der Waals surface area (Å²) in [6.45, 7) is 8.32. The van der Waals surface area contributed by atoms with Crippen molar-refractivity contribution in [3.8, 4) is 22.9 Å². The van der Waals surface area contributed by atoms with Crippen molar-refractivity contribution in [3.05, 3.63) is 123 Å². The van der Waals surface area contributed by atoms with E-state index in [2.05, 4.69) is 21.8 Å². The molecule has 4 aromatic rings. The largest absolute Gasteiger partial charge is 0.493 e. The molecule has 1 N–H and O–H groups in total. The number of halogens is 2. The van der Waals surface area contributed by atoms with E-state index in [4.69, 9.17) is 18.9 Å². The van der Waals surface area contributed by atoms with Gasteiger partial charge in [0.25, 0.3) is 11.5 Å². The van der Waals surface area contributed by atoms with Crippen LogP contribution in [0.25, 0.3) is 11.8 Å². The predicted octanol–water partition coefficient (Wildman–Crippen LogP) is 5.98. The van der Waals surface area contributed by atoms with Gasteiger partial charge in [-0.1, -0.05) is 6.58 Å². The second-order valence-corrected chi connectivity index (χ2v) is 12.0. The minimum atomic E-state index is -0.786. The number of carbonyl (C=O) groups is 2. The molecule has 6 rings (SSSR count). The van der Waals surface area contributed by atoms with E-state index < -0.39 is 23.1 Å². The Bertz CT molecular complexity index is 2070. The topological polar surface area (TPSA) is 121 Å². The number of rotatable bonds is 12. The Hall–Kier alpha value is -5.82.